The van der Waals surface area contributed by atoms with E-state index in [2.05, 4.69) is 6.92 Å². The number of hydrogen-bond acceptors (Lipinski definition) is 3. The number of amides is 1. The first-order chi connectivity index (χ1) is 9.43. The highest BCUT2D eigenvalue weighted by Gasteiger charge is 2.26. The van der Waals surface area contributed by atoms with Crippen LogP contribution >= 0.6 is 0 Å². The number of aliphatic hydroxyl groups is 1. The average Bonchev–Trinajstić information content (AvgIpc) is 2.38. The number of rotatable bonds is 7. The molecule has 20 heavy (non-hydrogen) atoms. The van der Waals surface area contributed by atoms with Gasteiger partial charge in [0.15, 0.2) is 0 Å². The van der Waals surface area contributed by atoms with Crippen LogP contribution < -0.4 is 0 Å². The second-order valence-corrected chi connectivity index (χ2v) is 5.77. The number of halogens is 2. The van der Waals surface area contributed by atoms with Crippen LogP contribution in [-0.4, -0.2) is 66.6 Å². The molecule has 0 saturated heterocycles. The number of carbonyl (C=O) groups excluding carboxylic acids is 1. The van der Waals surface area contributed by atoms with E-state index in [1.54, 1.807) is 11.9 Å². The third-order valence-corrected chi connectivity index (χ3v) is 4.10. The molecule has 1 N–H and O–H groups in total. The third kappa shape index (κ3) is 5.71. The van der Waals surface area contributed by atoms with Gasteiger partial charge in [0.05, 0.1) is 19.7 Å². The van der Waals surface area contributed by atoms with Crippen molar-refractivity contribution in [2.45, 2.75) is 45.1 Å². The fourth-order valence-electron chi connectivity index (χ4n) is 2.71. The van der Waals surface area contributed by atoms with Crippen molar-refractivity contribution < 1.29 is 18.7 Å². The van der Waals surface area contributed by atoms with Gasteiger partial charge in [0.25, 0.3) is 6.43 Å². The van der Waals surface area contributed by atoms with Crippen molar-refractivity contribution in [2.75, 3.05) is 33.3 Å². The minimum Gasteiger partial charge on any atom is -0.395 e. The van der Waals surface area contributed by atoms with E-state index in [-0.39, 0.29) is 31.6 Å². The molecule has 0 radical (unpaired) electrons. The Hall–Kier alpha value is -0.750. The Bertz CT molecular complexity index is 295. The van der Waals surface area contributed by atoms with Gasteiger partial charge < -0.3 is 10.0 Å². The van der Waals surface area contributed by atoms with Gasteiger partial charge in [-0.3, -0.25) is 9.69 Å². The topological polar surface area (TPSA) is 43.8 Å². The second kappa shape index (κ2) is 8.52. The van der Waals surface area contributed by atoms with E-state index < -0.39 is 13.0 Å². The summed E-state index contributed by atoms with van der Waals surface area (Å²) in [7, 11) is 1.75. The summed E-state index contributed by atoms with van der Waals surface area (Å²) in [5, 5.41) is 8.87. The second-order valence-electron chi connectivity index (χ2n) is 5.77. The van der Waals surface area contributed by atoms with Gasteiger partial charge in [-0.05, 0) is 31.6 Å². The Balaban J connectivity index is 2.46. The molecular formula is C14H26F2N2O2. The van der Waals surface area contributed by atoms with Crippen molar-refractivity contribution in [2.24, 2.45) is 5.92 Å². The molecule has 4 nitrogen and oxygen atoms in total. The molecule has 0 unspecified atom stereocenters. The molecule has 0 aliphatic heterocycles. The van der Waals surface area contributed by atoms with E-state index >= 15 is 0 Å². The fourth-order valence-corrected chi connectivity index (χ4v) is 2.71. The molecule has 1 rings (SSSR count). The maximum atomic E-state index is 12.4. The molecule has 0 bridgehead atoms. The molecule has 1 fully saturated rings. The average molecular weight is 292 g/mol. The maximum absolute atomic E-state index is 12.4. The zero-order valence-electron chi connectivity index (χ0n) is 12.4. The Kier molecular flexibility index (Phi) is 7.37. The SMILES string of the molecule is CC1CCC(N(C)C(=O)CN(CCO)CC(F)F)CC1. The van der Waals surface area contributed by atoms with Gasteiger partial charge in [-0.2, -0.15) is 0 Å². The minimum atomic E-state index is -2.49. The number of carbonyl (C=O) groups is 1. The summed E-state index contributed by atoms with van der Waals surface area (Å²) in [4.78, 5) is 15.2. The lowest BCUT2D eigenvalue weighted by Gasteiger charge is -2.34. The summed E-state index contributed by atoms with van der Waals surface area (Å²) in [5.41, 5.74) is 0. The number of likely N-dealkylation sites (N-methyl/N-ethyl adjacent to an activating group) is 1. The number of aliphatic hydroxyl groups excluding tert-OH is 1. The van der Waals surface area contributed by atoms with E-state index in [1.165, 1.54) is 4.90 Å². The van der Waals surface area contributed by atoms with E-state index in [0.717, 1.165) is 25.7 Å². The van der Waals surface area contributed by atoms with Crippen LogP contribution in [0.1, 0.15) is 32.6 Å². The van der Waals surface area contributed by atoms with Crippen molar-refractivity contribution in [3.05, 3.63) is 0 Å². The van der Waals surface area contributed by atoms with E-state index in [0.29, 0.717) is 5.92 Å². The molecule has 1 amide bonds. The van der Waals surface area contributed by atoms with Gasteiger partial charge in [-0.15, -0.1) is 0 Å². The molecule has 0 aromatic heterocycles. The molecule has 0 atom stereocenters. The summed E-state index contributed by atoms with van der Waals surface area (Å²) >= 11 is 0. The fraction of sp³-hybridized carbons (Fsp3) is 0.929. The van der Waals surface area contributed by atoms with E-state index in [4.69, 9.17) is 5.11 Å². The first-order valence-electron chi connectivity index (χ1n) is 7.31. The van der Waals surface area contributed by atoms with E-state index in [9.17, 15) is 13.6 Å². The minimum absolute atomic E-state index is 0.0482. The lowest BCUT2D eigenvalue weighted by molar-refractivity contribution is -0.134. The molecule has 1 aliphatic carbocycles. The van der Waals surface area contributed by atoms with Gasteiger partial charge in [0, 0.05) is 19.6 Å². The van der Waals surface area contributed by atoms with Crippen molar-refractivity contribution in [3.8, 4) is 0 Å². The predicted octanol–water partition coefficient (Wildman–Crippen LogP) is 1.58. The van der Waals surface area contributed by atoms with Crippen LogP contribution in [0, 0.1) is 5.92 Å². The lowest BCUT2D eigenvalue weighted by atomic mass is 9.87. The highest BCUT2D eigenvalue weighted by Crippen LogP contribution is 2.26. The van der Waals surface area contributed by atoms with Crippen LogP contribution in [0.15, 0.2) is 0 Å². The van der Waals surface area contributed by atoms with Crippen LogP contribution in [0.25, 0.3) is 0 Å². The molecule has 1 aliphatic rings. The predicted molar refractivity (Wildman–Crippen MR) is 73.7 cm³/mol. The molecule has 0 aromatic rings. The van der Waals surface area contributed by atoms with E-state index in [1.807, 2.05) is 0 Å². The molecule has 0 spiro atoms. The van der Waals surface area contributed by atoms with Gasteiger partial charge >= 0.3 is 0 Å². The number of hydrogen-bond donors (Lipinski definition) is 1. The van der Waals surface area contributed by atoms with Crippen molar-refractivity contribution >= 4 is 5.91 Å². The zero-order chi connectivity index (χ0) is 15.1. The normalized spacial score (nSPS) is 23.4. The van der Waals surface area contributed by atoms with Gasteiger partial charge in [-0.1, -0.05) is 6.92 Å². The zero-order valence-corrected chi connectivity index (χ0v) is 12.4. The third-order valence-electron chi connectivity index (χ3n) is 4.10. The highest BCUT2D eigenvalue weighted by molar-refractivity contribution is 5.78. The Morgan fingerprint density at radius 1 is 1.30 bits per heavy atom. The first-order valence-corrected chi connectivity index (χ1v) is 7.31. The molecular weight excluding hydrogens is 266 g/mol. The van der Waals surface area contributed by atoms with Crippen LogP contribution in [0.4, 0.5) is 8.78 Å². The van der Waals surface area contributed by atoms with Gasteiger partial charge in [0.1, 0.15) is 0 Å². The maximum Gasteiger partial charge on any atom is 0.251 e. The van der Waals surface area contributed by atoms with Crippen molar-refractivity contribution in [1.82, 2.24) is 9.80 Å². The van der Waals surface area contributed by atoms with Gasteiger partial charge in [0.2, 0.25) is 5.91 Å². The lowest BCUT2D eigenvalue weighted by Crippen LogP contribution is -2.46. The van der Waals surface area contributed by atoms with Crippen molar-refractivity contribution in [1.29, 1.82) is 0 Å². The van der Waals surface area contributed by atoms with Crippen LogP contribution in [0.5, 0.6) is 0 Å². The number of alkyl halides is 2. The smallest absolute Gasteiger partial charge is 0.251 e. The molecule has 6 heteroatoms. The van der Waals surface area contributed by atoms with Crippen molar-refractivity contribution in [3.63, 3.8) is 0 Å². The summed E-state index contributed by atoms with van der Waals surface area (Å²) in [6.07, 6.45) is 1.70. The van der Waals surface area contributed by atoms with Gasteiger partial charge in [-0.25, -0.2) is 8.78 Å². The monoisotopic (exact) mass is 292 g/mol. The molecule has 0 heterocycles. The molecule has 118 valence electrons. The highest BCUT2D eigenvalue weighted by atomic mass is 19.3. The first kappa shape index (κ1) is 17.3. The summed E-state index contributed by atoms with van der Waals surface area (Å²) in [6, 6.07) is 0.223. The van der Waals surface area contributed by atoms with Crippen LogP contribution in [0.2, 0.25) is 0 Å². The summed E-state index contributed by atoms with van der Waals surface area (Å²) in [5.74, 6) is 0.568. The quantitative estimate of drug-likeness (QED) is 0.775. The molecule has 1 saturated carbocycles. The summed E-state index contributed by atoms with van der Waals surface area (Å²) in [6.45, 7) is 1.58. The Morgan fingerprint density at radius 2 is 1.90 bits per heavy atom. The van der Waals surface area contributed by atoms with Crippen LogP contribution in [-0.2, 0) is 4.79 Å². The Labute approximate surface area is 119 Å². The summed E-state index contributed by atoms with van der Waals surface area (Å²) < 4.78 is 24.8. The Morgan fingerprint density at radius 3 is 2.40 bits per heavy atom. The largest absolute Gasteiger partial charge is 0.395 e. The standard InChI is InChI=1S/C14H26F2N2O2/c1-11-3-5-12(6-4-11)17(2)14(20)10-18(7-8-19)9-13(15)16/h11-13,19H,3-10H2,1-2H3. The number of nitrogens with zero attached hydrogens (tertiary/aromatic N) is 2. The molecule has 0 aromatic carbocycles. The van der Waals surface area contributed by atoms with Crippen LogP contribution in [0.3, 0.4) is 0 Å².